The second-order valence-corrected chi connectivity index (χ2v) is 9.15. The maximum atomic E-state index is 12.7. The Kier molecular flexibility index (Phi) is 5.45. The number of benzene rings is 1. The molecule has 146 valence electrons. The Labute approximate surface area is 166 Å². The molecule has 4 nitrogen and oxygen atoms in total. The van der Waals surface area contributed by atoms with Crippen LogP contribution >= 0.6 is 11.6 Å². The lowest BCUT2D eigenvalue weighted by Crippen LogP contribution is -2.47. The number of hydrogen-bond acceptors (Lipinski definition) is 2. The van der Waals surface area contributed by atoms with Gasteiger partial charge in [0.2, 0.25) is 5.91 Å². The minimum atomic E-state index is 0.0281. The zero-order valence-electron chi connectivity index (χ0n) is 16.0. The molecule has 0 unspecified atom stereocenters. The van der Waals surface area contributed by atoms with Gasteiger partial charge in [0.1, 0.15) is 0 Å². The number of carbonyl (C=O) groups is 2. The summed E-state index contributed by atoms with van der Waals surface area (Å²) in [6.07, 6.45) is 6.89. The van der Waals surface area contributed by atoms with Crippen molar-refractivity contribution in [3.8, 4) is 0 Å². The van der Waals surface area contributed by atoms with Gasteiger partial charge in [-0.05, 0) is 81.0 Å². The molecule has 0 aromatic heterocycles. The molecule has 2 bridgehead atoms. The van der Waals surface area contributed by atoms with E-state index in [0.29, 0.717) is 29.6 Å². The van der Waals surface area contributed by atoms with E-state index in [1.54, 1.807) is 24.3 Å². The van der Waals surface area contributed by atoms with Crippen LogP contribution in [0.4, 0.5) is 0 Å². The average Bonchev–Trinajstić information content (AvgIpc) is 3.32. The van der Waals surface area contributed by atoms with Crippen LogP contribution in [-0.2, 0) is 4.79 Å². The molecule has 4 rings (SSSR count). The van der Waals surface area contributed by atoms with Crippen LogP contribution in [0.25, 0.3) is 0 Å². The number of rotatable bonds is 4. The lowest BCUT2D eigenvalue weighted by atomic mass is 9.83. The van der Waals surface area contributed by atoms with Gasteiger partial charge in [-0.15, -0.1) is 0 Å². The van der Waals surface area contributed by atoms with Gasteiger partial charge in [-0.1, -0.05) is 18.0 Å². The van der Waals surface area contributed by atoms with Crippen molar-refractivity contribution in [2.24, 2.45) is 23.7 Å². The molecule has 0 radical (unpaired) electrons. The molecule has 1 aromatic carbocycles. The van der Waals surface area contributed by atoms with E-state index in [4.69, 9.17) is 11.6 Å². The predicted octanol–water partition coefficient (Wildman–Crippen LogP) is 4.13. The molecular formula is C22H29ClN2O2. The van der Waals surface area contributed by atoms with Gasteiger partial charge in [-0.25, -0.2) is 0 Å². The quantitative estimate of drug-likeness (QED) is 0.842. The zero-order valence-corrected chi connectivity index (χ0v) is 16.8. The molecule has 3 fully saturated rings. The highest BCUT2D eigenvalue weighted by molar-refractivity contribution is 6.30. The second-order valence-electron chi connectivity index (χ2n) is 8.71. The molecule has 27 heavy (non-hydrogen) atoms. The van der Waals surface area contributed by atoms with E-state index in [0.717, 1.165) is 24.7 Å². The van der Waals surface area contributed by atoms with E-state index in [9.17, 15) is 9.59 Å². The topological polar surface area (TPSA) is 49.4 Å². The van der Waals surface area contributed by atoms with Crippen molar-refractivity contribution >= 4 is 23.4 Å². The van der Waals surface area contributed by atoms with Crippen LogP contribution in [-0.4, -0.2) is 35.8 Å². The summed E-state index contributed by atoms with van der Waals surface area (Å²) >= 11 is 5.90. The summed E-state index contributed by atoms with van der Waals surface area (Å²) < 4.78 is 0. The lowest BCUT2D eigenvalue weighted by Gasteiger charge is -2.34. The summed E-state index contributed by atoms with van der Waals surface area (Å²) in [5, 5.41) is 3.93. The van der Waals surface area contributed by atoms with Crippen molar-refractivity contribution < 1.29 is 9.59 Å². The molecule has 0 spiro atoms. The highest BCUT2D eigenvalue weighted by Gasteiger charge is 2.42. The number of nitrogens with one attached hydrogen (secondary N) is 1. The number of halogens is 1. The summed E-state index contributed by atoms with van der Waals surface area (Å²) in [6, 6.07) is 7.29. The van der Waals surface area contributed by atoms with E-state index in [1.165, 1.54) is 25.7 Å². The van der Waals surface area contributed by atoms with Gasteiger partial charge in [0.15, 0.2) is 0 Å². The minimum absolute atomic E-state index is 0.0281. The van der Waals surface area contributed by atoms with Gasteiger partial charge in [0, 0.05) is 35.6 Å². The lowest BCUT2D eigenvalue weighted by molar-refractivity contribution is -0.127. The van der Waals surface area contributed by atoms with E-state index >= 15 is 0 Å². The van der Waals surface area contributed by atoms with Crippen LogP contribution in [0, 0.1) is 23.7 Å². The summed E-state index contributed by atoms with van der Waals surface area (Å²) in [5.74, 6) is 2.63. The molecule has 3 aliphatic rings. The number of fused-ring (bicyclic) bond motifs is 2. The van der Waals surface area contributed by atoms with Crippen LogP contribution in [0.1, 0.15) is 55.8 Å². The van der Waals surface area contributed by atoms with Crippen LogP contribution in [0.15, 0.2) is 24.3 Å². The molecule has 2 saturated carbocycles. The van der Waals surface area contributed by atoms with E-state index in [-0.39, 0.29) is 23.8 Å². The van der Waals surface area contributed by atoms with Gasteiger partial charge < -0.3 is 10.2 Å². The molecule has 1 aromatic rings. The predicted molar refractivity (Wildman–Crippen MR) is 107 cm³/mol. The molecular weight excluding hydrogens is 360 g/mol. The van der Waals surface area contributed by atoms with Crippen molar-refractivity contribution in [1.82, 2.24) is 10.2 Å². The minimum Gasteiger partial charge on any atom is -0.353 e. The first-order chi connectivity index (χ1) is 13.0. The maximum absolute atomic E-state index is 12.7. The van der Waals surface area contributed by atoms with Crippen LogP contribution < -0.4 is 5.32 Å². The van der Waals surface area contributed by atoms with Gasteiger partial charge in [-0.2, -0.15) is 0 Å². The molecule has 1 aliphatic heterocycles. The molecule has 2 aliphatic carbocycles. The Morgan fingerprint density at radius 2 is 1.78 bits per heavy atom. The van der Waals surface area contributed by atoms with Crippen molar-refractivity contribution in [3.05, 3.63) is 34.9 Å². The third-order valence-electron chi connectivity index (χ3n) is 7.05. The van der Waals surface area contributed by atoms with Crippen LogP contribution in [0.3, 0.4) is 0 Å². The molecule has 5 heteroatoms. The number of likely N-dealkylation sites (tertiary alicyclic amines) is 1. The zero-order chi connectivity index (χ0) is 19.0. The monoisotopic (exact) mass is 388 g/mol. The standard InChI is InChI=1S/C22H29ClN2O2/c1-14(20-13-15-2-3-18(20)12-15)24-21(26)16-8-10-25(11-9-16)22(27)17-4-6-19(23)7-5-17/h4-7,14-16,18,20H,2-3,8-13H2,1H3,(H,24,26)/t14-,15-,18-,20+/m0/s1. The second kappa shape index (κ2) is 7.83. The molecule has 1 saturated heterocycles. The third-order valence-corrected chi connectivity index (χ3v) is 7.30. The van der Waals surface area contributed by atoms with Gasteiger partial charge in [0.05, 0.1) is 0 Å². The molecule has 4 atom stereocenters. The summed E-state index contributed by atoms with van der Waals surface area (Å²) in [4.78, 5) is 27.2. The molecule has 1 heterocycles. The third kappa shape index (κ3) is 4.01. The van der Waals surface area contributed by atoms with Crippen molar-refractivity contribution in [2.45, 2.75) is 51.5 Å². The van der Waals surface area contributed by atoms with E-state index < -0.39 is 0 Å². The highest BCUT2D eigenvalue weighted by atomic mass is 35.5. The largest absolute Gasteiger partial charge is 0.353 e. The summed E-state index contributed by atoms with van der Waals surface area (Å²) in [5.41, 5.74) is 0.659. The Morgan fingerprint density at radius 3 is 2.37 bits per heavy atom. The maximum Gasteiger partial charge on any atom is 0.253 e. The first-order valence-electron chi connectivity index (χ1n) is 10.4. The first-order valence-corrected chi connectivity index (χ1v) is 10.7. The molecule has 2 amide bonds. The van der Waals surface area contributed by atoms with Crippen molar-refractivity contribution in [3.63, 3.8) is 0 Å². The number of nitrogens with zero attached hydrogens (tertiary/aromatic N) is 1. The number of hydrogen-bond donors (Lipinski definition) is 1. The summed E-state index contributed by atoms with van der Waals surface area (Å²) in [6.45, 7) is 3.46. The number of carbonyl (C=O) groups excluding carboxylic acids is 2. The van der Waals surface area contributed by atoms with Crippen LogP contribution in [0.2, 0.25) is 5.02 Å². The Bertz CT molecular complexity index is 697. The van der Waals surface area contributed by atoms with E-state index in [2.05, 4.69) is 12.2 Å². The van der Waals surface area contributed by atoms with E-state index in [1.807, 2.05) is 4.90 Å². The fourth-order valence-corrected chi connectivity index (χ4v) is 5.60. The van der Waals surface area contributed by atoms with Crippen LogP contribution in [0.5, 0.6) is 0 Å². The fraction of sp³-hybridized carbons (Fsp3) is 0.636. The normalized spacial score (nSPS) is 29.0. The number of amides is 2. The summed E-state index contributed by atoms with van der Waals surface area (Å²) in [7, 11) is 0. The Hall–Kier alpha value is -1.55. The van der Waals surface area contributed by atoms with Crippen molar-refractivity contribution in [1.29, 1.82) is 0 Å². The Morgan fingerprint density at radius 1 is 1.07 bits per heavy atom. The molecule has 1 N–H and O–H groups in total. The van der Waals surface area contributed by atoms with Gasteiger partial charge in [0.25, 0.3) is 5.91 Å². The average molecular weight is 389 g/mol. The van der Waals surface area contributed by atoms with Gasteiger partial charge in [-0.3, -0.25) is 9.59 Å². The first kappa shape index (κ1) is 18.8. The Balaban J connectivity index is 1.26. The van der Waals surface area contributed by atoms with Gasteiger partial charge >= 0.3 is 0 Å². The highest BCUT2D eigenvalue weighted by Crippen LogP contribution is 2.49. The smallest absolute Gasteiger partial charge is 0.253 e. The number of piperidine rings is 1. The van der Waals surface area contributed by atoms with Crippen molar-refractivity contribution in [2.75, 3.05) is 13.1 Å². The fourth-order valence-electron chi connectivity index (χ4n) is 5.48. The SMILES string of the molecule is C[C@H](NC(=O)C1CCN(C(=O)c2ccc(Cl)cc2)CC1)[C@H]1C[C@H]2CC[C@H]1C2.